The third-order valence-electron chi connectivity index (χ3n) is 4.72. The van der Waals surface area contributed by atoms with Crippen LogP contribution >= 0.6 is 0 Å². The van der Waals surface area contributed by atoms with E-state index < -0.39 is 23.9 Å². The smallest absolute Gasteiger partial charge is 0.453 e. The summed E-state index contributed by atoms with van der Waals surface area (Å²) in [6.45, 7) is 7.42. The van der Waals surface area contributed by atoms with E-state index in [1.807, 2.05) is 0 Å². The molecular weight excluding hydrogens is 391 g/mol. The standard InChI is InChI=1S/C18H24F3N5O3/c1-6-25(9-10(2)15(28)29-5)14(27)8-7-13-11(3)22-17-23-16(18(19,20)21)24-26(17)12(13)4/h10H,6-9H2,1-5H3. The number of fused-ring (bicyclic) bond motifs is 1. The maximum Gasteiger partial charge on any atom is 0.453 e. The number of amides is 1. The van der Waals surface area contributed by atoms with Crippen molar-refractivity contribution < 1.29 is 27.5 Å². The lowest BCUT2D eigenvalue weighted by Gasteiger charge is -2.23. The summed E-state index contributed by atoms with van der Waals surface area (Å²) < 4.78 is 44.4. The first kappa shape index (κ1) is 22.6. The van der Waals surface area contributed by atoms with Crippen LogP contribution in [0.5, 0.6) is 0 Å². The highest BCUT2D eigenvalue weighted by Crippen LogP contribution is 2.27. The number of halogens is 3. The van der Waals surface area contributed by atoms with Gasteiger partial charge >= 0.3 is 12.1 Å². The molecule has 0 aliphatic rings. The molecule has 0 aromatic carbocycles. The predicted octanol–water partition coefficient (Wildman–Crippen LogP) is 2.35. The molecule has 0 radical (unpaired) electrons. The number of carbonyl (C=O) groups is 2. The topological polar surface area (TPSA) is 89.7 Å². The zero-order chi connectivity index (χ0) is 21.9. The maximum atomic E-state index is 12.9. The minimum absolute atomic E-state index is 0.122. The van der Waals surface area contributed by atoms with Crippen molar-refractivity contribution in [2.24, 2.45) is 5.92 Å². The number of rotatable bonds is 7. The number of alkyl halides is 3. The Labute approximate surface area is 166 Å². The summed E-state index contributed by atoms with van der Waals surface area (Å²) >= 11 is 0. The van der Waals surface area contributed by atoms with Gasteiger partial charge in [-0.15, -0.1) is 5.10 Å². The van der Waals surface area contributed by atoms with Gasteiger partial charge in [0.05, 0.1) is 13.0 Å². The van der Waals surface area contributed by atoms with E-state index in [0.717, 1.165) is 4.52 Å². The van der Waals surface area contributed by atoms with Crippen LogP contribution in [-0.4, -0.2) is 56.6 Å². The van der Waals surface area contributed by atoms with Gasteiger partial charge in [-0.25, -0.2) is 9.50 Å². The Hall–Kier alpha value is -2.72. The molecular formula is C18H24F3N5O3. The van der Waals surface area contributed by atoms with Crippen LogP contribution in [0.3, 0.4) is 0 Å². The molecule has 29 heavy (non-hydrogen) atoms. The predicted molar refractivity (Wildman–Crippen MR) is 97.0 cm³/mol. The zero-order valence-electron chi connectivity index (χ0n) is 17.0. The van der Waals surface area contributed by atoms with Crippen molar-refractivity contribution in [3.8, 4) is 0 Å². The Morgan fingerprint density at radius 1 is 1.24 bits per heavy atom. The second-order valence-corrected chi connectivity index (χ2v) is 6.76. The van der Waals surface area contributed by atoms with Crippen molar-refractivity contribution in [1.29, 1.82) is 0 Å². The van der Waals surface area contributed by atoms with Gasteiger partial charge < -0.3 is 9.64 Å². The fourth-order valence-corrected chi connectivity index (χ4v) is 3.09. The summed E-state index contributed by atoms with van der Waals surface area (Å²) in [7, 11) is 1.29. The van der Waals surface area contributed by atoms with Crippen LogP contribution in [0.1, 0.15) is 43.0 Å². The first-order chi connectivity index (χ1) is 13.5. The number of aromatic nitrogens is 4. The number of nitrogens with zero attached hydrogens (tertiary/aromatic N) is 5. The van der Waals surface area contributed by atoms with Gasteiger partial charge in [0.2, 0.25) is 5.91 Å². The third kappa shape index (κ3) is 5.01. The number of ether oxygens (including phenoxy) is 1. The molecule has 2 aromatic heterocycles. The molecule has 1 atom stereocenters. The lowest BCUT2D eigenvalue weighted by molar-refractivity contribution is -0.146. The molecule has 0 spiro atoms. The molecule has 2 heterocycles. The SMILES string of the molecule is CCN(CC(C)C(=O)OC)C(=O)CCc1c(C)nc2nc(C(F)(F)F)nn2c1C. The van der Waals surface area contributed by atoms with E-state index in [1.54, 1.807) is 32.6 Å². The average Bonchev–Trinajstić information content (AvgIpc) is 3.09. The van der Waals surface area contributed by atoms with Crippen LogP contribution in [0.2, 0.25) is 0 Å². The van der Waals surface area contributed by atoms with Gasteiger partial charge in [-0.05, 0) is 32.8 Å². The highest BCUT2D eigenvalue weighted by atomic mass is 19.4. The quantitative estimate of drug-likeness (QED) is 0.645. The normalized spacial score (nSPS) is 12.8. The molecule has 0 N–H and O–H groups in total. The molecule has 0 saturated carbocycles. The average molecular weight is 415 g/mol. The molecule has 0 aliphatic heterocycles. The molecule has 0 fully saturated rings. The molecule has 1 amide bonds. The fourth-order valence-electron chi connectivity index (χ4n) is 3.09. The molecule has 0 saturated heterocycles. The number of hydrogen-bond acceptors (Lipinski definition) is 6. The number of methoxy groups -OCH3 is 1. The molecule has 8 nitrogen and oxygen atoms in total. The van der Waals surface area contributed by atoms with E-state index in [2.05, 4.69) is 19.8 Å². The summed E-state index contributed by atoms with van der Waals surface area (Å²) in [6, 6.07) is 0. The van der Waals surface area contributed by atoms with Crippen LogP contribution in [0.4, 0.5) is 13.2 Å². The lowest BCUT2D eigenvalue weighted by Crippen LogP contribution is -2.37. The highest BCUT2D eigenvalue weighted by molar-refractivity contribution is 5.78. The number of aryl methyl sites for hydroxylation is 2. The molecule has 0 bridgehead atoms. The monoisotopic (exact) mass is 415 g/mol. The van der Waals surface area contributed by atoms with Crippen LogP contribution in [0.15, 0.2) is 0 Å². The van der Waals surface area contributed by atoms with Gasteiger partial charge in [0, 0.05) is 30.9 Å². The minimum Gasteiger partial charge on any atom is -0.469 e. The second kappa shape index (κ2) is 8.75. The van der Waals surface area contributed by atoms with Crippen molar-refractivity contribution in [2.45, 2.75) is 46.7 Å². The van der Waals surface area contributed by atoms with E-state index in [-0.39, 0.29) is 31.1 Å². The van der Waals surface area contributed by atoms with Gasteiger partial charge in [0.1, 0.15) is 0 Å². The first-order valence-electron chi connectivity index (χ1n) is 9.15. The largest absolute Gasteiger partial charge is 0.469 e. The van der Waals surface area contributed by atoms with Gasteiger partial charge in [-0.1, -0.05) is 6.92 Å². The van der Waals surface area contributed by atoms with E-state index in [1.165, 1.54) is 7.11 Å². The molecule has 11 heteroatoms. The third-order valence-corrected chi connectivity index (χ3v) is 4.72. The maximum absolute atomic E-state index is 12.9. The van der Waals surface area contributed by atoms with Crippen molar-refractivity contribution >= 4 is 17.7 Å². The summed E-state index contributed by atoms with van der Waals surface area (Å²) in [5, 5.41) is 3.50. The van der Waals surface area contributed by atoms with Gasteiger partial charge in [0.25, 0.3) is 11.6 Å². The molecule has 2 aromatic rings. The van der Waals surface area contributed by atoms with Crippen molar-refractivity contribution in [2.75, 3.05) is 20.2 Å². The Kier molecular flexibility index (Phi) is 6.81. The summed E-state index contributed by atoms with van der Waals surface area (Å²) in [5.41, 5.74) is 1.59. The Balaban J connectivity index is 2.18. The Bertz CT molecular complexity index is 910. The van der Waals surface area contributed by atoms with E-state index in [0.29, 0.717) is 23.5 Å². The molecule has 160 valence electrons. The van der Waals surface area contributed by atoms with Crippen LogP contribution in [0.25, 0.3) is 5.78 Å². The molecule has 0 aliphatic carbocycles. The van der Waals surface area contributed by atoms with Crippen molar-refractivity contribution in [1.82, 2.24) is 24.5 Å². The number of carbonyl (C=O) groups excluding carboxylic acids is 2. The lowest BCUT2D eigenvalue weighted by atomic mass is 10.1. The van der Waals surface area contributed by atoms with Crippen LogP contribution in [0, 0.1) is 19.8 Å². The van der Waals surface area contributed by atoms with E-state index in [9.17, 15) is 22.8 Å². The van der Waals surface area contributed by atoms with Crippen molar-refractivity contribution in [3.63, 3.8) is 0 Å². The van der Waals surface area contributed by atoms with E-state index >= 15 is 0 Å². The fraction of sp³-hybridized carbons (Fsp3) is 0.611. The summed E-state index contributed by atoms with van der Waals surface area (Å²) in [6.07, 6.45) is -4.26. The molecule has 1 unspecified atom stereocenters. The number of esters is 1. The zero-order valence-corrected chi connectivity index (χ0v) is 17.0. The Morgan fingerprint density at radius 3 is 2.45 bits per heavy atom. The molecule has 2 rings (SSSR count). The second-order valence-electron chi connectivity index (χ2n) is 6.76. The van der Waals surface area contributed by atoms with Crippen molar-refractivity contribution in [3.05, 3.63) is 22.8 Å². The summed E-state index contributed by atoms with van der Waals surface area (Å²) in [5.74, 6) is -2.42. The van der Waals surface area contributed by atoms with Gasteiger partial charge in [-0.3, -0.25) is 9.59 Å². The summed E-state index contributed by atoms with van der Waals surface area (Å²) in [4.78, 5) is 33.3. The number of hydrogen-bond donors (Lipinski definition) is 0. The minimum atomic E-state index is -4.66. The first-order valence-corrected chi connectivity index (χ1v) is 9.15. The van der Waals surface area contributed by atoms with Crippen LogP contribution < -0.4 is 0 Å². The van der Waals surface area contributed by atoms with Crippen LogP contribution in [-0.2, 0) is 26.9 Å². The highest BCUT2D eigenvalue weighted by Gasteiger charge is 2.37. The van der Waals surface area contributed by atoms with Gasteiger partial charge in [-0.2, -0.15) is 18.2 Å². The van der Waals surface area contributed by atoms with E-state index in [4.69, 9.17) is 0 Å². The van der Waals surface area contributed by atoms with Gasteiger partial charge in [0.15, 0.2) is 0 Å². The Morgan fingerprint density at radius 2 is 1.90 bits per heavy atom.